The summed E-state index contributed by atoms with van der Waals surface area (Å²) in [5.74, 6) is -1.32. The highest BCUT2D eigenvalue weighted by atomic mass is 16.4. The first-order valence-electron chi connectivity index (χ1n) is 6.07. The minimum Gasteiger partial charge on any atom is -0.477 e. The molecule has 0 radical (unpaired) electrons. The summed E-state index contributed by atoms with van der Waals surface area (Å²) in [6.07, 6.45) is 0. The molecule has 0 bridgehead atoms. The largest absolute Gasteiger partial charge is 0.477 e. The normalized spacial score (nSPS) is 10.3. The summed E-state index contributed by atoms with van der Waals surface area (Å²) >= 11 is 0. The molecule has 2 heterocycles. The van der Waals surface area contributed by atoms with Crippen LogP contribution in [0, 0.1) is 6.92 Å². The molecule has 104 valence electrons. The zero-order chi connectivity index (χ0) is 14.7. The van der Waals surface area contributed by atoms with Crippen molar-refractivity contribution in [3.63, 3.8) is 0 Å². The van der Waals surface area contributed by atoms with E-state index in [1.807, 2.05) is 6.92 Å². The number of hydrogen-bond acceptors (Lipinski definition) is 4. The second kappa shape index (κ2) is 5.52. The van der Waals surface area contributed by atoms with Gasteiger partial charge in [-0.05, 0) is 32.0 Å². The van der Waals surface area contributed by atoms with Crippen molar-refractivity contribution in [2.75, 3.05) is 5.32 Å². The summed E-state index contributed by atoms with van der Waals surface area (Å²) in [6, 6.07) is 6.08. The first-order chi connectivity index (χ1) is 9.51. The van der Waals surface area contributed by atoms with Crippen LogP contribution in [0.1, 0.15) is 33.6 Å². The molecule has 0 aliphatic carbocycles. The number of carboxylic acids is 1. The van der Waals surface area contributed by atoms with E-state index in [-0.39, 0.29) is 17.4 Å². The van der Waals surface area contributed by atoms with Gasteiger partial charge in [-0.1, -0.05) is 6.07 Å². The van der Waals surface area contributed by atoms with Crippen LogP contribution >= 0.6 is 0 Å². The maximum Gasteiger partial charge on any atom is 0.354 e. The van der Waals surface area contributed by atoms with Gasteiger partial charge in [0, 0.05) is 6.54 Å². The Morgan fingerprint density at radius 2 is 2.15 bits per heavy atom. The Hall–Kier alpha value is -2.70. The molecule has 7 nitrogen and oxygen atoms in total. The van der Waals surface area contributed by atoms with Gasteiger partial charge in [0.15, 0.2) is 5.69 Å². The average Bonchev–Trinajstić information content (AvgIpc) is 2.80. The smallest absolute Gasteiger partial charge is 0.354 e. The first-order valence-corrected chi connectivity index (χ1v) is 6.07. The van der Waals surface area contributed by atoms with Crippen LogP contribution in [-0.4, -0.2) is 31.7 Å². The van der Waals surface area contributed by atoms with Crippen LogP contribution in [0.2, 0.25) is 0 Å². The Morgan fingerprint density at radius 3 is 2.80 bits per heavy atom. The van der Waals surface area contributed by atoms with Gasteiger partial charge in [0.25, 0.3) is 5.91 Å². The van der Waals surface area contributed by atoms with E-state index in [2.05, 4.69) is 15.4 Å². The quantitative estimate of drug-likeness (QED) is 0.881. The van der Waals surface area contributed by atoms with Gasteiger partial charge in [-0.3, -0.25) is 9.48 Å². The lowest BCUT2D eigenvalue weighted by Crippen LogP contribution is -2.18. The van der Waals surface area contributed by atoms with Gasteiger partial charge in [-0.15, -0.1) is 0 Å². The van der Waals surface area contributed by atoms with Crippen molar-refractivity contribution in [1.29, 1.82) is 0 Å². The lowest BCUT2D eigenvalue weighted by atomic mass is 10.3. The van der Waals surface area contributed by atoms with Crippen LogP contribution in [0.3, 0.4) is 0 Å². The van der Waals surface area contributed by atoms with E-state index in [0.717, 1.165) is 5.69 Å². The third-order valence-corrected chi connectivity index (χ3v) is 2.64. The number of anilines is 1. The second-order valence-electron chi connectivity index (χ2n) is 4.15. The van der Waals surface area contributed by atoms with Gasteiger partial charge in [0.2, 0.25) is 0 Å². The van der Waals surface area contributed by atoms with Gasteiger partial charge >= 0.3 is 5.97 Å². The van der Waals surface area contributed by atoms with E-state index in [1.165, 1.54) is 18.2 Å². The Bertz CT molecular complexity index is 663. The number of nitrogens with one attached hydrogen (secondary N) is 1. The van der Waals surface area contributed by atoms with Gasteiger partial charge < -0.3 is 10.4 Å². The number of pyridine rings is 1. The molecule has 20 heavy (non-hydrogen) atoms. The van der Waals surface area contributed by atoms with Crippen LogP contribution in [-0.2, 0) is 6.54 Å². The molecule has 0 spiro atoms. The van der Waals surface area contributed by atoms with Crippen molar-refractivity contribution >= 4 is 17.7 Å². The molecule has 2 aromatic rings. The molecule has 0 unspecified atom stereocenters. The molecule has 0 aliphatic rings. The predicted octanol–water partition coefficient (Wildman–Crippen LogP) is 1.56. The minimum absolute atomic E-state index is 0.122. The number of carbonyl (C=O) groups is 2. The number of hydrogen-bond donors (Lipinski definition) is 2. The highest BCUT2D eigenvalue weighted by molar-refractivity contribution is 6.02. The lowest BCUT2D eigenvalue weighted by molar-refractivity contribution is 0.0690. The van der Waals surface area contributed by atoms with Crippen molar-refractivity contribution in [3.05, 3.63) is 41.3 Å². The molecule has 2 rings (SSSR count). The number of rotatable bonds is 4. The van der Waals surface area contributed by atoms with Crippen molar-refractivity contribution in [2.24, 2.45) is 0 Å². The molecular formula is C13H14N4O3. The fraction of sp³-hybridized carbons (Fsp3) is 0.231. The number of amides is 1. The fourth-order valence-electron chi connectivity index (χ4n) is 1.77. The van der Waals surface area contributed by atoms with Crippen LogP contribution < -0.4 is 5.32 Å². The molecule has 0 saturated heterocycles. The molecule has 1 amide bonds. The van der Waals surface area contributed by atoms with E-state index in [9.17, 15) is 9.59 Å². The SMILES string of the molecule is CCn1nc(C)cc1C(=O)Nc1cccc(C(=O)O)n1. The summed E-state index contributed by atoms with van der Waals surface area (Å²) in [7, 11) is 0. The van der Waals surface area contributed by atoms with E-state index in [4.69, 9.17) is 5.11 Å². The topological polar surface area (TPSA) is 97.1 Å². The van der Waals surface area contributed by atoms with Crippen molar-refractivity contribution in [3.8, 4) is 0 Å². The van der Waals surface area contributed by atoms with E-state index < -0.39 is 5.97 Å². The minimum atomic E-state index is -1.14. The van der Waals surface area contributed by atoms with Gasteiger partial charge in [0.1, 0.15) is 11.5 Å². The van der Waals surface area contributed by atoms with Gasteiger partial charge in [0.05, 0.1) is 5.69 Å². The molecule has 7 heteroatoms. The molecular weight excluding hydrogens is 260 g/mol. The van der Waals surface area contributed by atoms with Crippen LogP contribution in [0.25, 0.3) is 0 Å². The molecule has 2 N–H and O–H groups in total. The highest BCUT2D eigenvalue weighted by Crippen LogP contribution is 2.09. The van der Waals surface area contributed by atoms with E-state index in [0.29, 0.717) is 12.2 Å². The Labute approximate surface area is 115 Å². The third-order valence-electron chi connectivity index (χ3n) is 2.64. The number of aryl methyl sites for hydroxylation is 2. The predicted molar refractivity (Wildman–Crippen MR) is 71.8 cm³/mol. The number of aromatic nitrogens is 3. The average molecular weight is 274 g/mol. The van der Waals surface area contributed by atoms with Crippen molar-refractivity contribution in [1.82, 2.24) is 14.8 Å². The summed E-state index contributed by atoms with van der Waals surface area (Å²) in [5, 5.41) is 15.6. The summed E-state index contributed by atoms with van der Waals surface area (Å²) < 4.78 is 1.58. The van der Waals surface area contributed by atoms with Gasteiger partial charge in [-0.2, -0.15) is 5.10 Å². The molecule has 2 aromatic heterocycles. The monoisotopic (exact) mass is 274 g/mol. The Balaban J connectivity index is 2.23. The number of aromatic carboxylic acids is 1. The number of carbonyl (C=O) groups excluding carboxylic acids is 1. The Morgan fingerprint density at radius 1 is 1.40 bits per heavy atom. The van der Waals surface area contributed by atoms with Crippen molar-refractivity contribution < 1.29 is 14.7 Å². The standard InChI is InChI=1S/C13H14N4O3/c1-3-17-10(7-8(2)16-17)12(18)15-11-6-4-5-9(14-11)13(19)20/h4-7H,3H2,1-2H3,(H,19,20)(H,14,15,18). The Kier molecular flexibility index (Phi) is 3.79. The number of nitrogens with zero attached hydrogens (tertiary/aromatic N) is 3. The third kappa shape index (κ3) is 2.82. The second-order valence-corrected chi connectivity index (χ2v) is 4.15. The number of carboxylic acid groups (broad SMARTS) is 1. The fourth-order valence-corrected chi connectivity index (χ4v) is 1.77. The van der Waals surface area contributed by atoms with Crippen molar-refractivity contribution in [2.45, 2.75) is 20.4 Å². The van der Waals surface area contributed by atoms with Gasteiger partial charge in [-0.25, -0.2) is 9.78 Å². The summed E-state index contributed by atoms with van der Waals surface area (Å²) in [4.78, 5) is 26.8. The maximum atomic E-state index is 12.1. The van der Waals surface area contributed by atoms with Crippen LogP contribution in [0.5, 0.6) is 0 Å². The first kappa shape index (κ1) is 13.7. The van der Waals surface area contributed by atoms with Crippen LogP contribution in [0.4, 0.5) is 5.82 Å². The highest BCUT2D eigenvalue weighted by Gasteiger charge is 2.14. The van der Waals surface area contributed by atoms with Crippen LogP contribution in [0.15, 0.2) is 24.3 Å². The molecule has 0 fully saturated rings. The maximum absolute atomic E-state index is 12.1. The lowest BCUT2D eigenvalue weighted by Gasteiger charge is -2.06. The molecule has 0 atom stereocenters. The summed E-state index contributed by atoms with van der Waals surface area (Å²) in [5.41, 5.74) is 1.03. The summed E-state index contributed by atoms with van der Waals surface area (Å²) in [6.45, 7) is 4.25. The van der Waals surface area contributed by atoms with E-state index >= 15 is 0 Å². The zero-order valence-electron chi connectivity index (χ0n) is 11.1. The molecule has 0 aliphatic heterocycles. The van der Waals surface area contributed by atoms with E-state index in [1.54, 1.807) is 17.7 Å². The zero-order valence-corrected chi connectivity index (χ0v) is 11.1. The molecule has 0 aromatic carbocycles. The molecule has 0 saturated carbocycles.